The second-order valence-electron chi connectivity index (χ2n) is 12.3. The van der Waals surface area contributed by atoms with Crippen LogP contribution in [0.1, 0.15) is 30.7 Å². The van der Waals surface area contributed by atoms with Crippen molar-refractivity contribution in [2.45, 2.75) is 43.4 Å². The molecule has 1 amide bonds. The van der Waals surface area contributed by atoms with Crippen LogP contribution in [0.4, 0.5) is 27.8 Å². The first-order chi connectivity index (χ1) is 23.7. The van der Waals surface area contributed by atoms with Crippen LogP contribution < -0.4 is 9.64 Å². The number of piperazine rings is 1. The minimum atomic E-state index is -1.04. The topological polar surface area (TPSA) is 111 Å². The van der Waals surface area contributed by atoms with Gasteiger partial charge in [-0.05, 0) is 37.6 Å². The number of fused-ring (bicyclic) bond motifs is 2. The number of halogens is 5. The summed E-state index contributed by atoms with van der Waals surface area (Å²) in [5.74, 6) is -4.50. The van der Waals surface area contributed by atoms with E-state index in [0.29, 0.717) is 18.0 Å². The smallest absolute Gasteiger partial charge is 0.319 e. The number of nitriles is 1. The number of benzene rings is 1. The molecule has 3 fully saturated rings. The van der Waals surface area contributed by atoms with Crippen LogP contribution in [-0.4, -0.2) is 92.7 Å². The van der Waals surface area contributed by atoms with Crippen LogP contribution in [-0.2, 0) is 4.79 Å². The summed E-state index contributed by atoms with van der Waals surface area (Å²) < 4.78 is 80.7. The van der Waals surface area contributed by atoms with Gasteiger partial charge in [0.1, 0.15) is 46.4 Å². The van der Waals surface area contributed by atoms with Crippen molar-refractivity contribution in [2.24, 2.45) is 0 Å². The normalized spacial score (nSPS) is 22.8. The first-order valence-electron chi connectivity index (χ1n) is 15.7. The minimum absolute atomic E-state index is 0.00947. The molecule has 6 heterocycles. The molecule has 0 spiro atoms. The van der Waals surface area contributed by atoms with Crippen molar-refractivity contribution in [3.05, 3.63) is 64.3 Å². The Morgan fingerprint density at radius 3 is 2.82 bits per heavy atom. The number of aromatic nitrogens is 4. The Balaban J connectivity index is 1.25. The number of amides is 1. The highest BCUT2D eigenvalue weighted by Gasteiger charge is 2.49. The largest absolute Gasteiger partial charge is 0.461 e. The summed E-state index contributed by atoms with van der Waals surface area (Å²) in [6.45, 7) is 1.16. The van der Waals surface area contributed by atoms with Gasteiger partial charge in [0.15, 0.2) is 11.6 Å². The number of ether oxygens (including phenoxy) is 1. The molecule has 0 saturated carbocycles. The number of nitrogens with zero attached hydrogens (tertiary/aromatic N) is 8. The maximum absolute atomic E-state index is 16.3. The number of carbonyl (C=O) groups excluding carboxylic acids is 1. The molecule has 0 aliphatic carbocycles. The fourth-order valence-electron chi connectivity index (χ4n) is 7.05. The molecule has 3 aromatic heterocycles. The lowest BCUT2D eigenvalue weighted by molar-refractivity contribution is -0.131. The Labute approximate surface area is 281 Å². The van der Waals surface area contributed by atoms with Gasteiger partial charge in [-0.2, -0.15) is 15.2 Å². The zero-order valence-electron chi connectivity index (χ0n) is 26.0. The van der Waals surface area contributed by atoms with E-state index in [4.69, 9.17) is 4.74 Å². The van der Waals surface area contributed by atoms with Crippen molar-refractivity contribution in [1.29, 1.82) is 5.26 Å². The van der Waals surface area contributed by atoms with Gasteiger partial charge in [0, 0.05) is 62.0 Å². The molecule has 3 aliphatic heterocycles. The van der Waals surface area contributed by atoms with E-state index in [1.807, 2.05) is 11.0 Å². The average Bonchev–Trinajstić information content (AvgIpc) is 3.81. The second-order valence-corrected chi connectivity index (χ2v) is 13.3. The zero-order chi connectivity index (χ0) is 34.3. The minimum Gasteiger partial charge on any atom is -0.461 e. The molecule has 1 aromatic carbocycles. The van der Waals surface area contributed by atoms with E-state index in [-0.39, 0.29) is 61.8 Å². The third-order valence-corrected chi connectivity index (χ3v) is 10.1. The maximum atomic E-state index is 16.3. The van der Waals surface area contributed by atoms with E-state index in [2.05, 4.69) is 19.9 Å². The predicted octanol–water partition coefficient (Wildman–Crippen LogP) is 5.46. The number of rotatable bonds is 8. The van der Waals surface area contributed by atoms with E-state index in [1.165, 1.54) is 17.3 Å². The lowest BCUT2D eigenvalue weighted by Gasteiger charge is -2.41. The summed E-state index contributed by atoms with van der Waals surface area (Å²) >= 11 is 1.16. The molecule has 16 heteroatoms. The van der Waals surface area contributed by atoms with Gasteiger partial charge in [0.2, 0.25) is 0 Å². The average molecular weight is 697 g/mol. The molecule has 10 nitrogen and oxygen atoms in total. The Hall–Kier alpha value is -4.75. The van der Waals surface area contributed by atoms with Gasteiger partial charge in [-0.25, -0.2) is 26.9 Å². The number of alkyl halides is 1. The van der Waals surface area contributed by atoms with Gasteiger partial charge in [-0.15, -0.1) is 11.3 Å². The third kappa shape index (κ3) is 6.28. The van der Waals surface area contributed by atoms with Crippen molar-refractivity contribution in [2.75, 3.05) is 44.2 Å². The quantitative estimate of drug-likeness (QED) is 0.175. The zero-order valence-corrected chi connectivity index (χ0v) is 26.8. The van der Waals surface area contributed by atoms with Gasteiger partial charge < -0.3 is 14.5 Å². The van der Waals surface area contributed by atoms with E-state index >= 15 is 8.78 Å². The van der Waals surface area contributed by atoms with Crippen LogP contribution in [0.25, 0.3) is 28.2 Å². The standard InChI is InChI=1S/C33H29F5N8O2S/c34-19-2-3-24(36)22(12-19)28-27(38)29-23(15-41-28)30(43-32(42-29)48-18-33-5-1-8-45(33)16-20(35)14-33)44-9-10-46(21(17-44)4-6-39)31(47)25(37)13-26-40-7-11-49-26/h2-3,7,11-13,15,20-21H,1,4-5,8-10,14,16-18H2/b25-13-/t20-,21+,33+/m1/s1. The molecule has 49 heavy (non-hydrogen) atoms. The van der Waals surface area contributed by atoms with E-state index in [1.54, 1.807) is 10.3 Å². The van der Waals surface area contributed by atoms with Crippen molar-refractivity contribution in [1.82, 2.24) is 29.7 Å². The van der Waals surface area contributed by atoms with E-state index < -0.39 is 58.2 Å². The number of carbonyl (C=O) groups is 1. The monoisotopic (exact) mass is 696 g/mol. The molecular weight excluding hydrogens is 667 g/mol. The number of anilines is 1. The van der Waals surface area contributed by atoms with Crippen LogP contribution in [0.5, 0.6) is 6.01 Å². The summed E-state index contributed by atoms with van der Waals surface area (Å²) in [6, 6.07) is 3.65. The molecule has 254 valence electrons. The summed E-state index contributed by atoms with van der Waals surface area (Å²) in [5.41, 5.74) is -1.73. The molecule has 4 aromatic rings. The molecule has 0 bridgehead atoms. The van der Waals surface area contributed by atoms with Crippen molar-refractivity contribution >= 4 is 40.0 Å². The van der Waals surface area contributed by atoms with Crippen LogP contribution in [0, 0.1) is 28.8 Å². The molecule has 7 rings (SSSR count). The first kappa shape index (κ1) is 32.8. The fourth-order valence-corrected chi connectivity index (χ4v) is 7.60. The fraction of sp³-hybridized carbons (Fsp3) is 0.394. The predicted molar refractivity (Wildman–Crippen MR) is 170 cm³/mol. The molecule has 3 saturated heterocycles. The third-order valence-electron chi connectivity index (χ3n) is 9.33. The molecular formula is C33H29F5N8O2S. The van der Waals surface area contributed by atoms with Crippen molar-refractivity contribution < 1.29 is 31.5 Å². The Kier molecular flexibility index (Phi) is 8.88. The van der Waals surface area contributed by atoms with Crippen molar-refractivity contribution in [3.8, 4) is 23.3 Å². The molecule has 0 N–H and O–H groups in total. The van der Waals surface area contributed by atoms with E-state index in [9.17, 15) is 23.2 Å². The summed E-state index contributed by atoms with van der Waals surface area (Å²) in [5, 5.41) is 11.7. The van der Waals surface area contributed by atoms with Gasteiger partial charge in [0.05, 0.1) is 29.5 Å². The highest BCUT2D eigenvalue weighted by molar-refractivity contribution is 7.10. The van der Waals surface area contributed by atoms with Gasteiger partial charge in [0.25, 0.3) is 5.91 Å². The Morgan fingerprint density at radius 1 is 1.16 bits per heavy atom. The molecule has 3 atom stereocenters. The lowest BCUT2D eigenvalue weighted by atomic mass is 9.95. The number of hydrogen-bond acceptors (Lipinski definition) is 10. The number of pyridine rings is 1. The first-order valence-corrected chi connectivity index (χ1v) is 16.6. The van der Waals surface area contributed by atoms with Crippen LogP contribution in [0.15, 0.2) is 41.8 Å². The number of hydrogen-bond donors (Lipinski definition) is 0. The van der Waals surface area contributed by atoms with Gasteiger partial charge in [-0.1, -0.05) is 0 Å². The maximum Gasteiger partial charge on any atom is 0.319 e. The van der Waals surface area contributed by atoms with Crippen LogP contribution in [0.2, 0.25) is 0 Å². The van der Waals surface area contributed by atoms with Gasteiger partial charge >= 0.3 is 6.01 Å². The molecule has 0 unspecified atom stereocenters. The van der Waals surface area contributed by atoms with Crippen LogP contribution in [0.3, 0.4) is 0 Å². The summed E-state index contributed by atoms with van der Waals surface area (Å²) in [4.78, 5) is 35.2. The Morgan fingerprint density at radius 2 is 2.02 bits per heavy atom. The van der Waals surface area contributed by atoms with Gasteiger partial charge in [-0.3, -0.25) is 14.7 Å². The van der Waals surface area contributed by atoms with Crippen molar-refractivity contribution in [3.63, 3.8) is 0 Å². The Bertz CT molecular complexity index is 1970. The highest BCUT2D eigenvalue weighted by atomic mass is 32.1. The molecule has 0 radical (unpaired) electrons. The highest BCUT2D eigenvalue weighted by Crippen LogP contribution is 2.41. The van der Waals surface area contributed by atoms with E-state index in [0.717, 1.165) is 48.6 Å². The summed E-state index contributed by atoms with van der Waals surface area (Å²) in [7, 11) is 0. The SMILES string of the molecule is N#CC[C@H]1CN(c2nc(OC[C@@]34CCCN3C[C@H](F)C4)nc3c(F)c(-c4cc(F)ccc4F)ncc23)CCN1C(=O)/C(F)=C/c1nccs1. The summed E-state index contributed by atoms with van der Waals surface area (Å²) in [6.07, 6.45) is 4.46. The second kappa shape index (κ2) is 13.3. The molecule has 3 aliphatic rings. The number of thiazole rings is 1. The van der Waals surface area contributed by atoms with Crippen LogP contribution >= 0.6 is 11.3 Å². The lowest BCUT2D eigenvalue weighted by Crippen LogP contribution is -2.55.